The van der Waals surface area contributed by atoms with E-state index < -0.39 is 0 Å². The van der Waals surface area contributed by atoms with Crippen LogP contribution in [0.25, 0.3) is 5.65 Å². The van der Waals surface area contributed by atoms with Crippen LogP contribution in [0.2, 0.25) is 0 Å². The largest absolute Gasteiger partial charge is 0.466 e. The van der Waals surface area contributed by atoms with E-state index in [2.05, 4.69) is 27.3 Å². The summed E-state index contributed by atoms with van der Waals surface area (Å²) in [7, 11) is 4.03. The molecule has 0 spiro atoms. The first-order valence-corrected chi connectivity index (χ1v) is 13.5. The zero-order valence-corrected chi connectivity index (χ0v) is 22.5. The van der Waals surface area contributed by atoms with E-state index in [1.807, 2.05) is 61.5 Å². The summed E-state index contributed by atoms with van der Waals surface area (Å²) < 4.78 is 6.97. The van der Waals surface area contributed by atoms with Gasteiger partial charge in [-0.2, -0.15) is 4.98 Å². The molecule has 2 saturated heterocycles. The summed E-state index contributed by atoms with van der Waals surface area (Å²) in [4.78, 5) is 36.3. The van der Waals surface area contributed by atoms with Crippen molar-refractivity contribution in [3.05, 3.63) is 48.2 Å². The number of anilines is 3. The molecule has 1 aromatic carbocycles. The topological polar surface area (TPSA) is 95.3 Å². The number of amides is 1. The molecule has 0 radical (unpaired) electrons. The minimum Gasteiger partial charge on any atom is -0.466 e. The van der Waals surface area contributed by atoms with Crippen LogP contribution in [-0.2, 0) is 9.53 Å². The second-order valence-corrected chi connectivity index (χ2v) is 10.3. The van der Waals surface area contributed by atoms with Crippen LogP contribution in [0.5, 0.6) is 0 Å². The van der Waals surface area contributed by atoms with Crippen molar-refractivity contribution in [2.24, 2.45) is 5.92 Å². The molecule has 0 unspecified atom stereocenters. The third-order valence-corrected chi connectivity index (χ3v) is 7.74. The third kappa shape index (κ3) is 5.60. The standard InChI is InChI=1S/C28H37N7O3/c1-4-38-27(37)21-11-18-34(19-12-21)24-6-5-15-35-25(24)30-28(31-35)29-22-9-7-20(8-10-22)26(36)33(3)23-13-16-32(2)17-14-23/h5-10,15,21,23H,4,11-14,16-19H2,1-3H3,(H,29,31). The van der Waals surface area contributed by atoms with Crippen molar-refractivity contribution >= 4 is 34.8 Å². The quantitative estimate of drug-likeness (QED) is 0.475. The number of ether oxygens (including phenoxy) is 1. The lowest BCUT2D eigenvalue weighted by molar-refractivity contribution is -0.148. The molecule has 5 rings (SSSR count). The highest BCUT2D eigenvalue weighted by Gasteiger charge is 2.28. The van der Waals surface area contributed by atoms with Gasteiger partial charge in [-0.25, -0.2) is 4.52 Å². The zero-order chi connectivity index (χ0) is 26.6. The van der Waals surface area contributed by atoms with Gasteiger partial charge in [-0.15, -0.1) is 5.10 Å². The van der Waals surface area contributed by atoms with Gasteiger partial charge in [0.25, 0.3) is 5.91 Å². The van der Waals surface area contributed by atoms with Crippen LogP contribution in [0.3, 0.4) is 0 Å². The van der Waals surface area contributed by atoms with Crippen molar-refractivity contribution < 1.29 is 14.3 Å². The van der Waals surface area contributed by atoms with Crippen LogP contribution >= 0.6 is 0 Å². The molecule has 2 aromatic heterocycles. The van der Waals surface area contributed by atoms with Gasteiger partial charge >= 0.3 is 5.97 Å². The van der Waals surface area contributed by atoms with Gasteiger partial charge in [-0.1, -0.05) is 0 Å². The molecule has 1 N–H and O–H groups in total. The van der Waals surface area contributed by atoms with Gasteiger partial charge in [0.05, 0.1) is 18.2 Å². The summed E-state index contributed by atoms with van der Waals surface area (Å²) in [6.07, 6.45) is 5.41. The van der Waals surface area contributed by atoms with Crippen molar-refractivity contribution in [3.63, 3.8) is 0 Å². The number of carbonyl (C=O) groups excluding carboxylic acids is 2. The molecule has 10 heteroatoms. The number of fused-ring (bicyclic) bond motifs is 1. The molecule has 10 nitrogen and oxygen atoms in total. The summed E-state index contributed by atoms with van der Waals surface area (Å²) in [6.45, 7) is 5.83. The zero-order valence-electron chi connectivity index (χ0n) is 22.5. The van der Waals surface area contributed by atoms with Crippen molar-refractivity contribution in [2.45, 2.75) is 38.6 Å². The van der Waals surface area contributed by atoms with Crippen molar-refractivity contribution in [1.29, 1.82) is 0 Å². The van der Waals surface area contributed by atoms with Crippen LogP contribution in [0.4, 0.5) is 17.3 Å². The second-order valence-electron chi connectivity index (χ2n) is 10.3. The normalized spacial score (nSPS) is 17.5. The number of nitrogens with one attached hydrogen (secondary N) is 1. The molecular formula is C28H37N7O3. The van der Waals surface area contributed by atoms with E-state index >= 15 is 0 Å². The van der Waals surface area contributed by atoms with E-state index in [1.165, 1.54) is 0 Å². The smallest absolute Gasteiger partial charge is 0.309 e. The number of hydrogen-bond donors (Lipinski definition) is 1. The first-order valence-electron chi connectivity index (χ1n) is 13.5. The number of esters is 1. The molecule has 4 heterocycles. The monoisotopic (exact) mass is 519 g/mol. The maximum atomic E-state index is 13.0. The molecule has 0 saturated carbocycles. The van der Waals surface area contributed by atoms with Gasteiger partial charge in [-0.05, 0) is 89.1 Å². The van der Waals surface area contributed by atoms with Gasteiger partial charge < -0.3 is 24.8 Å². The minimum absolute atomic E-state index is 0.0416. The van der Waals surface area contributed by atoms with Crippen molar-refractivity contribution in [3.8, 4) is 0 Å². The van der Waals surface area contributed by atoms with Crippen LogP contribution in [0.1, 0.15) is 43.0 Å². The summed E-state index contributed by atoms with van der Waals surface area (Å²) in [5, 5.41) is 7.87. The molecule has 0 aliphatic carbocycles. The van der Waals surface area contributed by atoms with Gasteiger partial charge in [0, 0.05) is 43.6 Å². The molecule has 2 aliphatic rings. The number of nitrogens with zero attached hydrogens (tertiary/aromatic N) is 6. The number of carbonyl (C=O) groups is 2. The average Bonchev–Trinajstić information content (AvgIpc) is 3.36. The Morgan fingerprint density at radius 2 is 1.76 bits per heavy atom. The van der Waals surface area contributed by atoms with Crippen molar-refractivity contribution in [2.75, 3.05) is 57.1 Å². The first kappa shape index (κ1) is 26.0. The Bertz CT molecular complexity index is 1260. The molecule has 3 aromatic rings. The lowest BCUT2D eigenvalue weighted by atomic mass is 9.97. The molecule has 1 amide bonds. The molecule has 2 aliphatic heterocycles. The summed E-state index contributed by atoms with van der Waals surface area (Å²) >= 11 is 0. The molecule has 0 bridgehead atoms. The molecule has 0 atom stereocenters. The van der Waals surface area contributed by atoms with Crippen LogP contribution in [0, 0.1) is 5.92 Å². The predicted octanol–water partition coefficient (Wildman–Crippen LogP) is 3.42. The Hall–Kier alpha value is -3.66. The maximum absolute atomic E-state index is 13.0. The van der Waals surface area contributed by atoms with Gasteiger partial charge in [0.15, 0.2) is 5.65 Å². The number of rotatable bonds is 7. The fraction of sp³-hybridized carbons (Fsp3) is 0.500. The minimum atomic E-state index is -0.0968. The fourth-order valence-corrected chi connectivity index (χ4v) is 5.39. The first-order chi connectivity index (χ1) is 18.4. The number of hydrogen-bond acceptors (Lipinski definition) is 8. The number of likely N-dealkylation sites (tertiary alicyclic amines) is 1. The van der Waals surface area contributed by atoms with Crippen LogP contribution in [0.15, 0.2) is 42.6 Å². The SMILES string of the molecule is CCOC(=O)C1CCN(c2cccn3nc(Nc4ccc(C(=O)N(C)C5CCN(C)CC5)cc4)nc23)CC1. The van der Waals surface area contributed by atoms with Crippen LogP contribution < -0.4 is 10.2 Å². The van der Waals surface area contributed by atoms with Gasteiger partial charge in [-0.3, -0.25) is 9.59 Å². The maximum Gasteiger partial charge on any atom is 0.309 e. The Kier molecular flexibility index (Phi) is 7.78. The second kappa shape index (κ2) is 11.4. The van der Waals surface area contributed by atoms with E-state index in [0.29, 0.717) is 18.1 Å². The van der Waals surface area contributed by atoms with E-state index in [0.717, 1.165) is 68.9 Å². The summed E-state index contributed by atoms with van der Waals surface area (Å²) in [6, 6.07) is 11.8. The summed E-state index contributed by atoms with van der Waals surface area (Å²) in [5.74, 6) is 0.398. The number of piperidine rings is 2. The predicted molar refractivity (Wildman–Crippen MR) is 147 cm³/mol. The van der Waals surface area contributed by atoms with Crippen molar-refractivity contribution in [1.82, 2.24) is 24.4 Å². The molecule has 2 fully saturated rings. The third-order valence-electron chi connectivity index (χ3n) is 7.74. The highest BCUT2D eigenvalue weighted by Crippen LogP contribution is 2.28. The van der Waals surface area contributed by atoms with E-state index in [-0.39, 0.29) is 23.8 Å². The Morgan fingerprint density at radius 1 is 1.05 bits per heavy atom. The lowest BCUT2D eigenvalue weighted by Gasteiger charge is -2.35. The highest BCUT2D eigenvalue weighted by atomic mass is 16.5. The Balaban J connectivity index is 1.23. The number of aromatic nitrogens is 3. The molecule has 202 valence electrons. The highest BCUT2D eigenvalue weighted by molar-refractivity contribution is 5.94. The van der Waals surface area contributed by atoms with Crippen LogP contribution in [-0.4, -0.2) is 89.2 Å². The average molecular weight is 520 g/mol. The Morgan fingerprint density at radius 3 is 2.45 bits per heavy atom. The van der Waals surface area contributed by atoms with E-state index in [4.69, 9.17) is 9.72 Å². The number of pyridine rings is 1. The molecular weight excluding hydrogens is 482 g/mol. The van der Waals surface area contributed by atoms with Gasteiger partial charge in [0.2, 0.25) is 5.95 Å². The molecule has 38 heavy (non-hydrogen) atoms. The summed E-state index contributed by atoms with van der Waals surface area (Å²) in [5.41, 5.74) is 3.24. The van der Waals surface area contributed by atoms with E-state index in [9.17, 15) is 9.59 Å². The van der Waals surface area contributed by atoms with Gasteiger partial charge in [0.1, 0.15) is 0 Å². The number of benzene rings is 1. The lowest BCUT2D eigenvalue weighted by Crippen LogP contribution is -2.44. The van der Waals surface area contributed by atoms with E-state index in [1.54, 1.807) is 4.52 Å². The Labute approximate surface area is 223 Å². The fourth-order valence-electron chi connectivity index (χ4n) is 5.39.